The average molecular weight is 418 g/mol. The summed E-state index contributed by atoms with van der Waals surface area (Å²) in [6, 6.07) is 9.44. The summed E-state index contributed by atoms with van der Waals surface area (Å²) in [5, 5.41) is 16.5. The number of piperazine rings is 1. The highest BCUT2D eigenvalue weighted by molar-refractivity contribution is 5.87. The minimum atomic E-state index is 0.455. The molecule has 4 heterocycles. The van der Waals surface area contributed by atoms with Crippen molar-refractivity contribution >= 4 is 22.5 Å². The van der Waals surface area contributed by atoms with Crippen molar-refractivity contribution in [3.63, 3.8) is 0 Å². The van der Waals surface area contributed by atoms with Gasteiger partial charge in [-0.3, -0.25) is 4.90 Å². The van der Waals surface area contributed by atoms with E-state index in [2.05, 4.69) is 55.7 Å². The minimum absolute atomic E-state index is 0.455. The maximum absolute atomic E-state index is 4.70. The van der Waals surface area contributed by atoms with Crippen LogP contribution in [0.3, 0.4) is 0 Å². The summed E-state index contributed by atoms with van der Waals surface area (Å²) in [5.74, 6) is 0.697. The number of nitrogens with zero attached hydrogens (tertiary/aromatic N) is 8. The summed E-state index contributed by atoms with van der Waals surface area (Å²) >= 11 is 0. The lowest BCUT2D eigenvalue weighted by atomic mass is 9.85. The summed E-state index contributed by atoms with van der Waals surface area (Å²) < 4.78 is 3.70. The van der Waals surface area contributed by atoms with E-state index in [1.54, 1.807) is 4.68 Å². The van der Waals surface area contributed by atoms with Crippen LogP contribution in [-0.2, 0) is 7.05 Å². The van der Waals surface area contributed by atoms with Crippen LogP contribution in [0.15, 0.2) is 36.7 Å². The summed E-state index contributed by atoms with van der Waals surface area (Å²) in [4.78, 5) is 9.65. The zero-order valence-electron chi connectivity index (χ0n) is 17.9. The number of likely N-dealkylation sites (N-methyl/N-ethyl adjacent to an activating group) is 1. The van der Waals surface area contributed by atoms with Crippen LogP contribution < -0.4 is 5.32 Å². The van der Waals surface area contributed by atoms with E-state index >= 15 is 0 Å². The van der Waals surface area contributed by atoms with Crippen molar-refractivity contribution in [2.75, 3.05) is 38.5 Å². The number of aromatic nitrogens is 6. The van der Waals surface area contributed by atoms with E-state index in [1.807, 2.05) is 30.0 Å². The molecular weight excluding hydrogens is 390 g/mol. The van der Waals surface area contributed by atoms with Crippen LogP contribution in [0.1, 0.15) is 12.8 Å². The Kier molecular flexibility index (Phi) is 4.39. The molecule has 0 unspecified atom stereocenters. The van der Waals surface area contributed by atoms with E-state index in [0.717, 1.165) is 27.7 Å². The zero-order valence-corrected chi connectivity index (χ0v) is 17.9. The van der Waals surface area contributed by atoms with Gasteiger partial charge in [-0.25, -0.2) is 14.2 Å². The van der Waals surface area contributed by atoms with E-state index in [9.17, 15) is 0 Å². The Morgan fingerprint density at radius 3 is 2.68 bits per heavy atom. The van der Waals surface area contributed by atoms with Crippen LogP contribution in [0.25, 0.3) is 27.7 Å². The Bertz CT molecular complexity index is 1230. The molecular formula is C22H27N9. The summed E-state index contributed by atoms with van der Waals surface area (Å²) in [6.45, 7) is 4.72. The van der Waals surface area contributed by atoms with E-state index in [4.69, 9.17) is 5.10 Å². The van der Waals surface area contributed by atoms with Gasteiger partial charge >= 0.3 is 0 Å². The van der Waals surface area contributed by atoms with Crippen molar-refractivity contribution in [2.45, 2.75) is 24.9 Å². The number of rotatable bonds is 4. The Hall–Kier alpha value is -3.04. The maximum Gasteiger partial charge on any atom is 0.241 e. The SMILES string of the molecule is CN1CCN([C@H]2C[C@H](Nc3ncc4c(-c5ccc6nnn(C)c6c5)ccn4n3)C2)CC1. The van der Waals surface area contributed by atoms with Gasteiger partial charge in [-0.1, -0.05) is 11.3 Å². The molecule has 1 aliphatic heterocycles. The van der Waals surface area contributed by atoms with Gasteiger partial charge in [-0.15, -0.1) is 10.2 Å². The van der Waals surface area contributed by atoms with Crippen molar-refractivity contribution in [2.24, 2.45) is 7.05 Å². The van der Waals surface area contributed by atoms with Crippen LogP contribution in [0.4, 0.5) is 5.95 Å². The predicted molar refractivity (Wildman–Crippen MR) is 120 cm³/mol. The number of benzene rings is 1. The van der Waals surface area contributed by atoms with Crippen LogP contribution in [0, 0.1) is 0 Å². The molecule has 0 atom stereocenters. The number of hydrogen-bond acceptors (Lipinski definition) is 7. The molecule has 2 fully saturated rings. The number of nitrogens with one attached hydrogen (secondary N) is 1. The topological polar surface area (TPSA) is 79.4 Å². The molecule has 160 valence electrons. The number of anilines is 1. The first-order valence-corrected chi connectivity index (χ1v) is 11.0. The van der Waals surface area contributed by atoms with Crippen LogP contribution >= 0.6 is 0 Å². The van der Waals surface area contributed by atoms with E-state index in [1.165, 1.54) is 39.0 Å². The summed E-state index contributed by atoms with van der Waals surface area (Å²) in [7, 11) is 4.11. The van der Waals surface area contributed by atoms with Crippen molar-refractivity contribution in [1.82, 2.24) is 39.4 Å². The molecule has 1 saturated carbocycles. The second-order valence-electron chi connectivity index (χ2n) is 8.86. The summed E-state index contributed by atoms with van der Waals surface area (Å²) in [6.07, 6.45) is 6.24. The molecule has 1 saturated heterocycles. The minimum Gasteiger partial charge on any atom is -0.350 e. The fraction of sp³-hybridized carbons (Fsp3) is 0.455. The molecule has 4 aromatic rings. The van der Waals surface area contributed by atoms with E-state index in [-0.39, 0.29) is 0 Å². The predicted octanol–water partition coefficient (Wildman–Crippen LogP) is 1.87. The van der Waals surface area contributed by atoms with Gasteiger partial charge in [0.2, 0.25) is 5.95 Å². The van der Waals surface area contributed by atoms with Crippen molar-refractivity contribution < 1.29 is 0 Å². The second kappa shape index (κ2) is 7.28. The standard InChI is InChI=1S/C22H27N9/c1-28-7-9-30(10-8-28)17-12-16(13-17)24-22-23-14-21-18(5-6-31(21)26-22)15-3-4-19-20(11-15)29(2)27-25-19/h3-6,11,14,16-17H,7-10,12-13H2,1-2H3,(H,24,26)/t16-,17-. The molecule has 1 N–H and O–H groups in total. The average Bonchev–Trinajstić information content (AvgIpc) is 3.34. The summed E-state index contributed by atoms with van der Waals surface area (Å²) in [5.41, 5.74) is 5.11. The highest BCUT2D eigenvalue weighted by atomic mass is 15.4. The van der Waals surface area contributed by atoms with Gasteiger partial charge in [0.15, 0.2) is 0 Å². The normalized spacial score (nSPS) is 22.8. The van der Waals surface area contributed by atoms with Gasteiger partial charge in [0.1, 0.15) is 5.52 Å². The molecule has 31 heavy (non-hydrogen) atoms. The molecule has 3 aromatic heterocycles. The number of aryl methyl sites for hydroxylation is 1. The van der Waals surface area contributed by atoms with Gasteiger partial charge in [0.05, 0.1) is 17.2 Å². The van der Waals surface area contributed by atoms with Gasteiger partial charge in [0.25, 0.3) is 0 Å². The number of fused-ring (bicyclic) bond motifs is 2. The molecule has 0 bridgehead atoms. The quantitative estimate of drug-likeness (QED) is 0.543. The van der Waals surface area contributed by atoms with Crippen molar-refractivity contribution in [3.8, 4) is 11.1 Å². The molecule has 0 amide bonds. The third-order valence-electron chi connectivity index (χ3n) is 6.84. The zero-order chi connectivity index (χ0) is 20.9. The Labute approximate surface area is 180 Å². The fourth-order valence-electron chi connectivity index (χ4n) is 4.78. The monoisotopic (exact) mass is 417 g/mol. The molecule has 0 radical (unpaired) electrons. The highest BCUT2D eigenvalue weighted by Crippen LogP contribution is 2.30. The van der Waals surface area contributed by atoms with Crippen LogP contribution in [-0.4, -0.2) is 84.7 Å². The van der Waals surface area contributed by atoms with E-state index in [0.29, 0.717) is 18.0 Å². The van der Waals surface area contributed by atoms with Gasteiger partial charge in [0, 0.05) is 57.1 Å². The first-order chi connectivity index (χ1) is 15.1. The third-order valence-corrected chi connectivity index (χ3v) is 6.84. The molecule has 6 rings (SSSR count). The lowest BCUT2D eigenvalue weighted by Gasteiger charge is -2.46. The van der Waals surface area contributed by atoms with Crippen molar-refractivity contribution in [3.05, 3.63) is 36.7 Å². The Balaban J connectivity index is 1.16. The first kappa shape index (κ1) is 18.7. The van der Waals surface area contributed by atoms with Gasteiger partial charge < -0.3 is 10.2 Å². The molecule has 9 heteroatoms. The molecule has 1 aromatic carbocycles. The van der Waals surface area contributed by atoms with Gasteiger partial charge in [-0.05, 0) is 43.7 Å². The lowest BCUT2D eigenvalue weighted by Crippen LogP contribution is -2.55. The van der Waals surface area contributed by atoms with Crippen LogP contribution in [0.5, 0.6) is 0 Å². The Morgan fingerprint density at radius 2 is 1.84 bits per heavy atom. The van der Waals surface area contributed by atoms with E-state index < -0.39 is 0 Å². The lowest BCUT2D eigenvalue weighted by molar-refractivity contribution is 0.0656. The molecule has 2 aliphatic rings. The Morgan fingerprint density at radius 1 is 1.00 bits per heavy atom. The molecule has 9 nitrogen and oxygen atoms in total. The second-order valence-corrected chi connectivity index (χ2v) is 8.86. The van der Waals surface area contributed by atoms with Crippen LogP contribution in [0.2, 0.25) is 0 Å². The third kappa shape index (κ3) is 3.34. The smallest absolute Gasteiger partial charge is 0.241 e. The van der Waals surface area contributed by atoms with Crippen molar-refractivity contribution in [1.29, 1.82) is 0 Å². The number of hydrogen-bond donors (Lipinski definition) is 1. The maximum atomic E-state index is 4.70. The van der Waals surface area contributed by atoms with Gasteiger partial charge in [-0.2, -0.15) is 0 Å². The molecule has 0 spiro atoms. The fourth-order valence-corrected chi connectivity index (χ4v) is 4.78. The first-order valence-electron chi connectivity index (χ1n) is 11.0. The largest absolute Gasteiger partial charge is 0.350 e. The molecule has 1 aliphatic carbocycles. The highest BCUT2D eigenvalue weighted by Gasteiger charge is 2.35.